The zero-order valence-corrected chi connectivity index (χ0v) is 12.6. The zero-order valence-electron chi connectivity index (χ0n) is 12.6. The third-order valence-corrected chi connectivity index (χ3v) is 2.68. The van der Waals surface area contributed by atoms with Crippen LogP contribution in [0.15, 0.2) is 12.3 Å². The first-order chi connectivity index (χ1) is 8.78. The van der Waals surface area contributed by atoms with Crippen molar-refractivity contribution in [1.29, 1.82) is 0 Å². The molecule has 1 rings (SSSR count). The topological polar surface area (TPSA) is 34.2 Å². The molecule has 1 N–H and O–H groups in total. The lowest BCUT2D eigenvalue weighted by Crippen LogP contribution is -2.22. The van der Waals surface area contributed by atoms with Gasteiger partial charge in [-0.25, -0.2) is 9.37 Å². The van der Waals surface area contributed by atoms with Gasteiger partial charge in [-0.1, -0.05) is 34.6 Å². The summed E-state index contributed by atoms with van der Waals surface area (Å²) in [7, 11) is 0. The summed E-state index contributed by atoms with van der Waals surface area (Å²) in [4.78, 5) is 4.04. The first-order valence-electron chi connectivity index (χ1n) is 6.78. The van der Waals surface area contributed by atoms with Gasteiger partial charge in [0.1, 0.15) is 5.82 Å². The van der Waals surface area contributed by atoms with Crippen LogP contribution in [0, 0.1) is 11.2 Å². The molecule has 1 heterocycles. The van der Waals surface area contributed by atoms with Crippen molar-refractivity contribution >= 4 is 0 Å². The van der Waals surface area contributed by atoms with E-state index in [-0.39, 0.29) is 11.2 Å². The normalized spacial score (nSPS) is 11.9. The Bertz CT molecular complexity index is 400. The first kappa shape index (κ1) is 15.9. The molecule has 3 nitrogen and oxygen atoms in total. The highest BCUT2D eigenvalue weighted by Gasteiger charge is 2.12. The van der Waals surface area contributed by atoms with Gasteiger partial charge in [0, 0.05) is 18.2 Å². The van der Waals surface area contributed by atoms with Crippen LogP contribution in [-0.4, -0.2) is 17.6 Å². The fraction of sp³-hybridized carbons (Fsp3) is 0.667. The van der Waals surface area contributed by atoms with Crippen molar-refractivity contribution < 1.29 is 9.13 Å². The molecule has 1 aromatic rings. The van der Waals surface area contributed by atoms with Crippen LogP contribution in [0.3, 0.4) is 0 Å². The quantitative estimate of drug-likeness (QED) is 0.857. The van der Waals surface area contributed by atoms with Crippen LogP contribution >= 0.6 is 0 Å². The Balaban J connectivity index is 2.65. The van der Waals surface area contributed by atoms with Crippen molar-refractivity contribution in [2.24, 2.45) is 5.41 Å². The minimum atomic E-state index is -0.330. The van der Waals surface area contributed by atoms with Gasteiger partial charge in [-0.2, -0.15) is 0 Å². The molecule has 0 unspecified atom stereocenters. The van der Waals surface area contributed by atoms with Gasteiger partial charge in [-0.05, 0) is 17.9 Å². The second-order valence-corrected chi connectivity index (χ2v) is 6.31. The average Bonchev–Trinajstić information content (AvgIpc) is 2.27. The highest BCUT2D eigenvalue weighted by Crippen LogP contribution is 2.21. The van der Waals surface area contributed by atoms with Crippen molar-refractivity contribution in [2.45, 2.75) is 53.6 Å². The molecule has 0 saturated heterocycles. The molecule has 0 amide bonds. The number of ether oxygens (including phenoxy) is 1. The molecule has 0 aliphatic rings. The second kappa shape index (κ2) is 6.85. The summed E-state index contributed by atoms with van der Waals surface area (Å²) in [6.45, 7) is 11.7. The predicted molar refractivity (Wildman–Crippen MR) is 75.7 cm³/mol. The van der Waals surface area contributed by atoms with Gasteiger partial charge in [0.25, 0.3) is 0 Å². The van der Waals surface area contributed by atoms with Gasteiger partial charge < -0.3 is 10.1 Å². The largest absolute Gasteiger partial charge is 0.477 e. The lowest BCUT2D eigenvalue weighted by atomic mass is 9.93. The number of aromatic nitrogens is 1. The highest BCUT2D eigenvalue weighted by atomic mass is 19.1. The van der Waals surface area contributed by atoms with Crippen molar-refractivity contribution in [1.82, 2.24) is 10.3 Å². The molecule has 0 fully saturated rings. The number of pyridine rings is 1. The highest BCUT2D eigenvalue weighted by molar-refractivity contribution is 5.26. The molecule has 108 valence electrons. The molecule has 19 heavy (non-hydrogen) atoms. The van der Waals surface area contributed by atoms with E-state index in [1.54, 1.807) is 0 Å². The molecule has 0 bridgehead atoms. The lowest BCUT2D eigenvalue weighted by molar-refractivity contribution is 0.233. The number of hydrogen-bond donors (Lipinski definition) is 1. The summed E-state index contributed by atoms with van der Waals surface area (Å²) in [5.41, 5.74) is 0.985. The molecule has 0 aliphatic carbocycles. The van der Waals surface area contributed by atoms with Gasteiger partial charge in [-0.15, -0.1) is 0 Å². The van der Waals surface area contributed by atoms with E-state index in [9.17, 15) is 4.39 Å². The van der Waals surface area contributed by atoms with Crippen LogP contribution in [0.1, 0.15) is 46.6 Å². The maximum Gasteiger partial charge on any atom is 0.218 e. The number of nitrogens with one attached hydrogen (secondary N) is 1. The molecule has 0 atom stereocenters. The van der Waals surface area contributed by atoms with Crippen LogP contribution in [0.25, 0.3) is 0 Å². The van der Waals surface area contributed by atoms with Crippen LogP contribution in [0.2, 0.25) is 0 Å². The molecule has 1 aromatic heterocycles. The van der Waals surface area contributed by atoms with Crippen LogP contribution < -0.4 is 10.1 Å². The van der Waals surface area contributed by atoms with Crippen molar-refractivity contribution in [3.63, 3.8) is 0 Å². The third-order valence-electron chi connectivity index (χ3n) is 2.68. The molecule has 0 aromatic carbocycles. The Morgan fingerprint density at radius 3 is 2.63 bits per heavy atom. The van der Waals surface area contributed by atoms with E-state index < -0.39 is 0 Å². The zero-order chi connectivity index (χ0) is 14.5. The van der Waals surface area contributed by atoms with Crippen molar-refractivity contribution in [3.05, 3.63) is 23.6 Å². The van der Waals surface area contributed by atoms with Crippen LogP contribution in [0.4, 0.5) is 4.39 Å². The maximum absolute atomic E-state index is 13.2. The second-order valence-electron chi connectivity index (χ2n) is 6.31. The van der Waals surface area contributed by atoms with Gasteiger partial charge in [0.05, 0.1) is 12.8 Å². The van der Waals surface area contributed by atoms with E-state index in [1.165, 1.54) is 12.3 Å². The maximum atomic E-state index is 13.2. The minimum Gasteiger partial charge on any atom is -0.477 e. The van der Waals surface area contributed by atoms with Crippen LogP contribution in [-0.2, 0) is 6.54 Å². The van der Waals surface area contributed by atoms with Gasteiger partial charge in [0.15, 0.2) is 0 Å². The van der Waals surface area contributed by atoms with Gasteiger partial charge in [-0.3, -0.25) is 0 Å². The molecule has 0 saturated carbocycles. The Kier molecular flexibility index (Phi) is 5.73. The first-order valence-corrected chi connectivity index (χ1v) is 6.78. The van der Waals surface area contributed by atoms with Crippen molar-refractivity contribution in [2.75, 3.05) is 6.61 Å². The Morgan fingerprint density at radius 1 is 1.37 bits per heavy atom. The van der Waals surface area contributed by atoms with E-state index in [4.69, 9.17) is 4.74 Å². The summed E-state index contributed by atoms with van der Waals surface area (Å²) in [5, 5.41) is 3.25. The Hall–Kier alpha value is -1.16. The Morgan fingerprint density at radius 2 is 2.05 bits per heavy atom. The minimum absolute atomic E-state index is 0.219. The average molecular weight is 268 g/mol. The number of rotatable bonds is 6. The molecular formula is C15H25FN2O. The van der Waals surface area contributed by atoms with E-state index in [0.717, 1.165) is 12.0 Å². The third kappa shape index (κ3) is 6.53. The van der Waals surface area contributed by atoms with E-state index in [2.05, 4.69) is 31.1 Å². The van der Waals surface area contributed by atoms with E-state index >= 15 is 0 Å². The summed E-state index contributed by atoms with van der Waals surface area (Å²) < 4.78 is 18.9. The smallest absolute Gasteiger partial charge is 0.218 e. The summed E-state index contributed by atoms with van der Waals surface area (Å²) in [6.07, 6.45) is 2.13. The number of hydrogen-bond acceptors (Lipinski definition) is 3. The van der Waals surface area contributed by atoms with Crippen molar-refractivity contribution in [3.8, 4) is 5.88 Å². The fourth-order valence-corrected chi connectivity index (χ4v) is 1.49. The standard InChI is InChI=1S/C15H25FN2O/c1-11(2)17-9-12-8-13(16)10-18-14(12)19-7-6-15(3,4)5/h8,10-11,17H,6-7,9H2,1-5H3. The summed E-state index contributed by atoms with van der Waals surface area (Å²) in [6, 6.07) is 1.82. The molecule has 4 heteroatoms. The lowest BCUT2D eigenvalue weighted by Gasteiger charge is -2.19. The SMILES string of the molecule is CC(C)NCc1cc(F)cnc1OCCC(C)(C)C. The predicted octanol–water partition coefficient (Wildman–Crippen LogP) is 3.53. The monoisotopic (exact) mass is 268 g/mol. The molecule has 0 spiro atoms. The van der Waals surface area contributed by atoms with E-state index in [1.807, 2.05) is 13.8 Å². The van der Waals surface area contributed by atoms with E-state index in [0.29, 0.717) is 25.1 Å². The molecule has 0 aliphatic heterocycles. The molecular weight excluding hydrogens is 243 g/mol. The fourth-order valence-electron chi connectivity index (χ4n) is 1.49. The van der Waals surface area contributed by atoms with Gasteiger partial charge >= 0.3 is 0 Å². The van der Waals surface area contributed by atoms with Crippen LogP contribution in [0.5, 0.6) is 5.88 Å². The Labute approximate surface area is 115 Å². The summed E-state index contributed by atoms with van der Waals surface area (Å²) >= 11 is 0. The summed E-state index contributed by atoms with van der Waals surface area (Å²) in [5.74, 6) is 0.197. The number of nitrogens with zero attached hydrogens (tertiary/aromatic N) is 1. The van der Waals surface area contributed by atoms with Gasteiger partial charge in [0.2, 0.25) is 5.88 Å². The number of halogens is 1. The molecule has 0 radical (unpaired) electrons.